The molecule has 38 heavy (non-hydrogen) atoms. The van der Waals surface area contributed by atoms with Crippen molar-refractivity contribution in [2.75, 3.05) is 38.1 Å². The Labute approximate surface area is 222 Å². The average molecular weight is 517 g/mol. The summed E-state index contributed by atoms with van der Waals surface area (Å²) in [6, 6.07) is 18.5. The molecule has 8 nitrogen and oxygen atoms in total. The number of carbonyl (C=O) groups is 2. The average Bonchev–Trinajstić information content (AvgIpc) is 3.18. The third-order valence-corrected chi connectivity index (χ3v) is 6.32. The molecule has 8 heteroatoms. The summed E-state index contributed by atoms with van der Waals surface area (Å²) < 4.78 is 16.5. The van der Waals surface area contributed by atoms with Crippen LogP contribution < -0.4 is 24.0 Å². The molecule has 1 N–H and O–H groups in total. The van der Waals surface area contributed by atoms with Crippen LogP contribution in [0, 0.1) is 0 Å². The Kier molecular flexibility index (Phi) is 7.62. The summed E-state index contributed by atoms with van der Waals surface area (Å²) in [5.74, 6) is -0.429. The molecular formula is C30H32N2O6. The van der Waals surface area contributed by atoms with E-state index in [1.165, 1.54) is 19.1 Å². The number of hydrogen-bond acceptors (Lipinski definition) is 7. The van der Waals surface area contributed by atoms with Crippen molar-refractivity contribution >= 4 is 28.8 Å². The van der Waals surface area contributed by atoms with Crippen LogP contribution in [0.2, 0.25) is 0 Å². The van der Waals surface area contributed by atoms with Gasteiger partial charge in [-0.25, -0.2) is 0 Å². The zero-order valence-electron chi connectivity index (χ0n) is 22.4. The lowest BCUT2D eigenvalue weighted by Crippen LogP contribution is -2.29. The maximum absolute atomic E-state index is 13.5. The van der Waals surface area contributed by atoms with Gasteiger partial charge in [0.25, 0.3) is 11.7 Å². The SMILES string of the molecule is COc1ccc(OC)c(/C(O)=C2\C(=O)C(=O)N(c3ccc(OC(C)C)cc3)C2c2ccc(N(C)C)cc2)c1. The molecule has 4 rings (SSSR count). The summed E-state index contributed by atoms with van der Waals surface area (Å²) in [5, 5.41) is 11.5. The van der Waals surface area contributed by atoms with E-state index < -0.39 is 17.7 Å². The number of methoxy groups -OCH3 is 2. The topological polar surface area (TPSA) is 88.5 Å². The first-order valence-electron chi connectivity index (χ1n) is 12.2. The van der Waals surface area contributed by atoms with E-state index in [2.05, 4.69) is 0 Å². The van der Waals surface area contributed by atoms with E-state index in [0.717, 1.165) is 5.69 Å². The Balaban J connectivity index is 1.91. The van der Waals surface area contributed by atoms with Crippen molar-refractivity contribution in [3.05, 3.63) is 83.4 Å². The van der Waals surface area contributed by atoms with Gasteiger partial charge in [0.15, 0.2) is 0 Å². The number of aliphatic hydroxyl groups excluding tert-OH is 1. The van der Waals surface area contributed by atoms with E-state index in [9.17, 15) is 14.7 Å². The predicted molar refractivity (Wildman–Crippen MR) is 147 cm³/mol. The molecule has 1 heterocycles. The first-order valence-corrected chi connectivity index (χ1v) is 12.2. The van der Waals surface area contributed by atoms with Gasteiger partial charge in [-0.15, -0.1) is 0 Å². The van der Waals surface area contributed by atoms with Crippen LogP contribution in [-0.2, 0) is 9.59 Å². The minimum Gasteiger partial charge on any atom is -0.507 e. The maximum atomic E-state index is 13.5. The number of aliphatic hydroxyl groups is 1. The molecule has 3 aromatic rings. The van der Waals surface area contributed by atoms with Crippen molar-refractivity contribution < 1.29 is 28.9 Å². The highest BCUT2D eigenvalue weighted by atomic mass is 16.5. The Bertz CT molecular complexity index is 1360. The summed E-state index contributed by atoms with van der Waals surface area (Å²) in [7, 11) is 6.83. The predicted octanol–water partition coefficient (Wildman–Crippen LogP) is 5.18. The number of rotatable bonds is 8. The van der Waals surface area contributed by atoms with Crippen molar-refractivity contribution in [1.82, 2.24) is 0 Å². The highest BCUT2D eigenvalue weighted by Gasteiger charge is 2.47. The lowest BCUT2D eigenvalue weighted by atomic mass is 9.94. The number of ether oxygens (including phenoxy) is 3. The van der Waals surface area contributed by atoms with Crippen molar-refractivity contribution in [3.63, 3.8) is 0 Å². The summed E-state index contributed by atoms with van der Waals surface area (Å²) in [5.41, 5.74) is 2.33. The molecule has 0 saturated carbocycles. The van der Waals surface area contributed by atoms with Gasteiger partial charge in [0.1, 0.15) is 23.0 Å². The normalized spacial score (nSPS) is 16.6. The monoisotopic (exact) mass is 516 g/mol. The van der Waals surface area contributed by atoms with Crippen molar-refractivity contribution in [2.45, 2.75) is 26.0 Å². The molecule has 1 atom stereocenters. The van der Waals surface area contributed by atoms with Gasteiger partial charge in [0.05, 0.1) is 37.5 Å². The molecule has 198 valence electrons. The number of anilines is 2. The van der Waals surface area contributed by atoms with Crippen molar-refractivity contribution in [1.29, 1.82) is 0 Å². The zero-order valence-corrected chi connectivity index (χ0v) is 22.4. The van der Waals surface area contributed by atoms with E-state index in [1.54, 1.807) is 42.5 Å². The number of nitrogens with zero attached hydrogens (tertiary/aromatic N) is 2. The molecule has 0 aromatic heterocycles. The molecule has 3 aromatic carbocycles. The zero-order chi connectivity index (χ0) is 27.6. The Morgan fingerprint density at radius 1 is 0.895 bits per heavy atom. The lowest BCUT2D eigenvalue weighted by Gasteiger charge is -2.26. The second-order valence-electron chi connectivity index (χ2n) is 9.38. The fourth-order valence-corrected chi connectivity index (χ4v) is 4.47. The summed E-state index contributed by atoms with van der Waals surface area (Å²) >= 11 is 0. The van der Waals surface area contributed by atoms with E-state index in [4.69, 9.17) is 14.2 Å². The fraction of sp³-hybridized carbons (Fsp3) is 0.267. The Hall–Kier alpha value is -4.46. The van der Waals surface area contributed by atoms with E-state index in [0.29, 0.717) is 28.5 Å². The van der Waals surface area contributed by atoms with Gasteiger partial charge in [-0.1, -0.05) is 12.1 Å². The van der Waals surface area contributed by atoms with E-state index >= 15 is 0 Å². The highest BCUT2D eigenvalue weighted by Crippen LogP contribution is 2.44. The summed E-state index contributed by atoms with van der Waals surface area (Å²) in [4.78, 5) is 30.4. The second-order valence-corrected chi connectivity index (χ2v) is 9.38. The molecule has 1 fully saturated rings. The Morgan fingerprint density at radius 2 is 1.53 bits per heavy atom. The number of hydrogen-bond donors (Lipinski definition) is 1. The molecule has 1 aliphatic heterocycles. The van der Waals surface area contributed by atoms with E-state index in [1.807, 2.05) is 57.1 Å². The Morgan fingerprint density at radius 3 is 2.08 bits per heavy atom. The first-order chi connectivity index (χ1) is 18.2. The van der Waals surface area contributed by atoms with Gasteiger partial charge in [-0.3, -0.25) is 14.5 Å². The van der Waals surface area contributed by atoms with Gasteiger partial charge >= 0.3 is 0 Å². The maximum Gasteiger partial charge on any atom is 0.300 e. The third kappa shape index (κ3) is 5.02. The molecule has 1 saturated heterocycles. The number of carbonyl (C=O) groups excluding carboxylic acids is 2. The van der Waals surface area contributed by atoms with Gasteiger partial charge in [-0.2, -0.15) is 0 Å². The van der Waals surface area contributed by atoms with Crippen LogP contribution in [-0.4, -0.2) is 51.2 Å². The minimum absolute atomic E-state index is 0.0110. The van der Waals surface area contributed by atoms with Crippen LogP contribution in [0.4, 0.5) is 11.4 Å². The fourth-order valence-electron chi connectivity index (χ4n) is 4.47. The van der Waals surface area contributed by atoms with Gasteiger partial charge in [-0.05, 0) is 74.0 Å². The number of amides is 1. The van der Waals surface area contributed by atoms with E-state index in [-0.39, 0.29) is 23.0 Å². The lowest BCUT2D eigenvalue weighted by molar-refractivity contribution is -0.132. The standard InChI is InChI=1S/C30H32N2O6/c1-18(2)38-22-13-11-21(12-14-22)32-27(19-7-9-20(10-8-19)31(3)4)26(29(34)30(32)35)28(33)24-17-23(36-5)15-16-25(24)37-6/h7-18,27,33H,1-6H3/b28-26+. The molecule has 1 amide bonds. The van der Waals surface area contributed by atoms with Crippen LogP contribution >= 0.6 is 0 Å². The van der Waals surface area contributed by atoms with Gasteiger partial charge in [0, 0.05) is 25.5 Å². The van der Waals surface area contributed by atoms with Crippen LogP contribution in [0.1, 0.15) is 31.0 Å². The third-order valence-electron chi connectivity index (χ3n) is 6.32. The molecule has 0 aliphatic carbocycles. The molecule has 0 radical (unpaired) electrons. The highest BCUT2D eigenvalue weighted by molar-refractivity contribution is 6.51. The number of benzene rings is 3. The minimum atomic E-state index is -0.876. The van der Waals surface area contributed by atoms with Gasteiger partial charge in [0.2, 0.25) is 0 Å². The van der Waals surface area contributed by atoms with Crippen molar-refractivity contribution in [2.24, 2.45) is 0 Å². The quantitative estimate of drug-likeness (QED) is 0.251. The molecule has 0 bridgehead atoms. The summed E-state index contributed by atoms with van der Waals surface area (Å²) in [6.45, 7) is 3.85. The summed E-state index contributed by atoms with van der Waals surface area (Å²) in [6.07, 6.45) is -0.0110. The molecule has 1 unspecified atom stereocenters. The molecular weight excluding hydrogens is 484 g/mol. The largest absolute Gasteiger partial charge is 0.507 e. The second kappa shape index (κ2) is 10.9. The smallest absolute Gasteiger partial charge is 0.300 e. The number of Topliss-reactive ketones (excluding diaryl/α,β-unsaturated/α-hetero) is 1. The van der Waals surface area contributed by atoms with Crippen molar-refractivity contribution in [3.8, 4) is 17.2 Å². The first kappa shape index (κ1) is 26.6. The number of ketones is 1. The molecule has 1 aliphatic rings. The van der Waals surface area contributed by atoms with Crippen LogP contribution in [0.5, 0.6) is 17.2 Å². The van der Waals surface area contributed by atoms with Crippen LogP contribution in [0.3, 0.4) is 0 Å². The van der Waals surface area contributed by atoms with Gasteiger partial charge < -0.3 is 24.2 Å². The van der Waals surface area contributed by atoms with Crippen LogP contribution in [0.15, 0.2) is 72.3 Å². The van der Waals surface area contributed by atoms with Crippen LogP contribution in [0.25, 0.3) is 5.76 Å². The molecule has 0 spiro atoms.